The number of aromatic nitrogens is 1. The van der Waals surface area contributed by atoms with Crippen LogP contribution >= 0.6 is 0 Å². The molecule has 112 valence electrons. The van der Waals surface area contributed by atoms with Crippen LogP contribution in [0.4, 0.5) is 0 Å². The summed E-state index contributed by atoms with van der Waals surface area (Å²) in [6.45, 7) is 2.46. The summed E-state index contributed by atoms with van der Waals surface area (Å²) in [6, 6.07) is 3.15. The van der Waals surface area contributed by atoms with Gasteiger partial charge in [-0.3, -0.25) is 0 Å². The van der Waals surface area contributed by atoms with Gasteiger partial charge in [-0.05, 0) is 18.6 Å². The number of aryl methyl sites for hydroxylation is 1. The largest absolute Gasteiger partial charge is 0.260 e. The van der Waals surface area contributed by atoms with Crippen molar-refractivity contribution in [3.63, 3.8) is 0 Å². The van der Waals surface area contributed by atoms with Gasteiger partial charge in [0.2, 0.25) is 10.0 Å². The standard InChI is InChI=1S/C11H17N3O4S2/c1-10-3-4-11(12-9-10)20(17,18)14-7-5-13(6-8-14)19(2,15)16/h3-4,9H,5-8H2,1-2H3. The molecule has 0 radical (unpaired) electrons. The van der Waals surface area contributed by atoms with E-state index in [0.717, 1.165) is 11.8 Å². The maximum atomic E-state index is 12.4. The van der Waals surface area contributed by atoms with E-state index in [1.165, 1.54) is 20.9 Å². The molecular weight excluding hydrogens is 302 g/mol. The van der Waals surface area contributed by atoms with Crippen LogP contribution in [0.2, 0.25) is 0 Å². The van der Waals surface area contributed by atoms with Crippen LogP contribution in [0.25, 0.3) is 0 Å². The summed E-state index contributed by atoms with van der Waals surface area (Å²) in [5.41, 5.74) is 0.880. The smallest absolute Gasteiger partial charge is 0.243 e. The Labute approximate surface area is 119 Å². The fraction of sp³-hybridized carbons (Fsp3) is 0.545. The van der Waals surface area contributed by atoms with Gasteiger partial charge < -0.3 is 0 Å². The molecule has 0 amide bonds. The Morgan fingerprint density at radius 2 is 1.55 bits per heavy atom. The molecule has 0 spiro atoms. The van der Waals surface area contributed by atoms with Gasteiger partial charge in [0.05, 0.1) is 6.26 Å². The predicted octanol–water partition coefficient (Wildman–Crippen LogP) is -0.344. The van der Waals surface area contributed by atoms with Crippen LogP contribution < -0.4 is 0 Å². The minimum atomic E-state index is -3.65. The first-order valence-corrected chi connectivity index (χ1v) is 9.38. The van der Waals surface area contributed by atoms with Gasteiger partial charge in [-0.25, -0.2) is 21.8 Å². The summed E-state index contributed by atoms with van der Waals surface area (Å²) in [5.74, 6) is 0. The lowest BCUT2D eigenvalue weighted by molar-refractivity contribution is 0.273. The number of hydrogen-bond donors (Lipinski definition) is 0. The summed E-state index contributed by atoms with van der Waals surface area (Å²) in [6.07, 6.45) is 2.62. The van der Waals surface area contributed by atoms with Gasteiger partial charge in [0.15, 0.2) is 5.03 Å². The van der Waals surface area contributed by atoms with E-state index in [0.29, 0.717) is 0 Å². The second-order valence-corrected chi connectivity index (χ2v) is 8.61. The highest BCUT2D eigenvalue weighted by atomic mass is 32.2. The van der Waals surface area contributed by atoms with E-state index in [1.54, 1.807) is 6.07 Å². The fourth-order valence-corrected chi connectivity index (χ4v) is 4.14. The van der Waals surface area contributed by atoms with Crippen molar-refractivity contribution in [3.05, 3.63) is 23.9 Å². The fourth-order valence-electron chi connectivity index (χ4n) is 1.98. The molecule has 1 aliphatic rings. The molecule has 0 aromatic carbocycles. The summed E-state index contributed by atoms with van der Waals surface area (Å²) in [4.78, 5) is 3.93. The van der Waals surface area contributed by atoms with Crippen molar-refractivity contribution >= 4 is 20.0 Å². The van der Waals surface area contributed by atoms with E-state index in [-0.39, 0.29) is 31.2 Å². The number of piperazine rings is 1. The van der Waals surface area contributed by atoms with Crippen molar-refractivity contribution in [1.29, 1.82) is 0 Å². The molecule has 1 fully saturated rings. The maximum absolute atomic E-state index is 12.4. The summed E-state index contributed by atoms with van der Waals surface area (Å²) in [5, 5.41) is -0.00379. The topological polar surface area (TPSA) is 87.7 Å². The van der Waals surface area contributed by atoms with Crippen molar-refractivity contribution in [2.45, 2.75) is 11.9 Å². The third kappa shape index (κ3) is 3.17. The number of hydrogen-bond acceptors (Lipinski definition) is 5. The van der Waals surface area contributed by atoms with Gasteiger partial charge in [0.25, 0.3) is 10.0 Å². The molecule has 1 aromatic heterocycles. The van der Waals surface area contributed by atoms with Crippen molar-refractivity contribution < 1.29 is 16.8 Å². The minimum absolute atomic E-state index is 0.00379. The van der Waals surface area contributed by atoms with Crippen LogP contribution in [-0.4, -0.2) is 62.9 Å². The first kappa shape index (κ1) is 15.4. The van der Waals surface area contributed by atoms with Crippen LogP contribution in [0.5, 0.6) is 0 Å². The van der Waals surface area contributed by atoms with Gasteiger partial charge in [0, 0.05) is 32.4 Å². The van der Waals surface area contributed by atoms with Crippen LogP contribution in [0.1, 0.15) is 5.56 Å². The average molecular weight is 319 g/mol. The Balaban J connectivity index is 2.15. The lowest BCUT2D eigenvalue weighted by atomic mass is 10.3. The number of sulfonamides is 2. The lowest BCUT2D eigenvalue weighted by Gasteiger charge is -2.32. The molecule has 1 saturated heterocycles. The minimum Gasteiger partial charge on any atom is -0.243 e. The summed E-state index contributed by atoms with van der Waals surface area (Å²) >= 11 is 0. The van der Waals surface area contributed by atoms with E-state index >= 15 is 0 Å². The molecule has 1 aromatic rings. The van der Waals surface area contributed by atoms with Crippen molar-refractivity contribution in [1.82, 2.24) is 13.6 Å². The van der Waals surface area contributed by atoms with E-state index < -0.39 is 20.0 Å². The first-order chi connectivity index (χ1) is 9.21. The maximum Gasteiger partial charge on any atom is 0.260 e. The van der Waals surface area contributed by atoms with Crippen LogP contribution in [0.3, 0.4) is 0 Å². The van der Waals surface area contributed by atoms with Crippen molar-refractivity contribution in [3.8, 4) is 0 Å². The monoisotopic (exact) mass is 319 g/mol. The molecule has 0 bridgehead atoms. The quantitative estimate of drug-likeness (QED) is 0.760. The second-order valence-electron chi connectivity index (χ2n) is 4.74. The number of nitrogens with zero attached hydrogens (tertiary/aromatic N) is 3. The van der Waals surface area contributed by atoms with Gasteiger partial charge >= 0.3 is 0 Å². The molecule has 0 saturated carbocycles. The zero-order valence-corrected chi connectivity index (χ0v) is 13.0. The molecule has 0 atom stereocenters. The predicted molar refractivity (Wildman–Crippen MR) is 74.1 cm³/mol. The Kier molecular flexibility index (Phi) is 4.14. The summed E-state index contributed by atoms with van der Waals surface area (Å²) < 4.78 is 50.0. The summed E-state index contributed by atoms with van der Waals surface area (Å²) in [7, 11) is -6.92. The highest BCUT2D eigenvalue weighted by Gasteiger charge is 2.31. The van der Waals surface area contributed by atoms with E-state index in [2.05, 4.69) is 4.98 Å². The van der Waals surface area contributed by atoms with E-state index in [9.17, 15) is 16.8 Å². The van der Waals surface area contributed by atoms with E-state index in [1.807, 2.05) is 6.92 Å². The second kappa shape index (κ2) is 5.40. The van der Waals surface area contributed by atoms with Gasteiger partial charge in [-0.15, -0.1) is 0 Å². The molecule has 2 rings (SSSR count). The number of rotatable bonds is 3. The van der Waals surface area contributed by atoms with Crippen LogP contribution in [0.15, 0.2) is 23.4 Å². The Morgan fingerprint density at radius 3 is 2.00 bits per heavy atom. The third-order valence-electron chi connectivity index (χ3n) is 3.16. The van der Waals surface area contributed by atoms with Crippen molar-refractivity contribution in [2.75, 3.05) is 32.4 Å². The van der Waals surface area contributed by atoms with Gasteiger partial charge in [0.1, 0.15) is 0 Å². The van der Waals surface area contributed by atoms with Gasteiger partial charge in [-0.2, -0.15) is 8.61 Å². The lowest BCUT2D eigenvalue weighted by Crippen LogP contribution is -2.50. The molecule has 1 aliphatic heterocycles. The molecule has 7 nitrogen and oxygen atoms in total. The van der Waals surface area contributed by atoms with Crippen molar-refractivity contribution in [2.24, 2.45) is 0 Å². The molecule has 2 heterocycles. The highest BCUT2D eigenvalue weighted by Crippen LogP contribution is 2.16. The Morgan fingerprint density at radius 1 is 1.00 bits per heavy atom. The normalized spacial score (nSPS) is 19.1. The molecule has 9 heteroatoms. The average Bonchev–Trinajstić information content (AvgIpc) is 2.38. The zero-order chi connectivity index (χ0) is 15.0. The first-order valence-electron chi connectivity index (χ1n) is 6.09. The zero-order valence-electron chi connectivity index (χ0n) is 11.4. The van der Waals surface area contributed by atoms with E-state index in [4.69, 9.17) is 0 Å². The Bertz CT molecular complexity index is 675. The van der Waals surface area contributed by atoms with Gasteiger partial charge in [-0.1, -0.05) is 6.07 Å². The number of pyridine rings is 1. The molecule has 20 heavy (non-hydrogen) atoms. The molecular formula is C11H17N3O4S2. The molecule has 0 N–H and O–H groups in total. The third-order valence-corrected chi connectivity index (χ3v) is 6.27. The molecule has 0 aliphatic carbocycles. The van der Waals surface area contributed by atoms with Crippen LogP contribution in [0, 0.1) is 6.92 Å². The van der Waals surface area contributed by atoms with Crippen LogP contribution in [-0.2, 0) is 20.0 Å². The SMILES string of the molecule is Cc1ccc(S(=O)(=O)N2CCN(S(C)(=O)=O)CC2)nc1. The molecule has 0 unspecified atom stereocenters. The Hall–Kier alpha value is -1.03. The highest BCUT2D eigenvalue weighted by molar-refractivity contribution is 7.89.